The van der Waals surface area contributed by atoms with E-state index < -0.39 is 107 Å². The van der Waals surface area contributed by atoms with E-state index in [4.69, 9.17) is 15.2 Å². The van der Waals surface area contributed by atoms with Crippen LogP contribution in [0.1, 0.15) is 134 Å². The zero-order valence-corrected chi connectivity index (χ0v) is 47.0. The maximum Gasteiger partial charge on any atom is 0.408 e. The Hall–Kier alpha value is -7.00. The van der Waals surface area contributed by atoms with Crippen molar-refractivity contribution in [3.63, 3.8) is 0 Å². The molecule has 0 radical (unpaired) electrons. The van der Waals surface area contributed by atoms with Gasteiger partial charge < -0.3 is 46.5 Å². The number of alkyl carbamates (subject to hydrolysis) is 1. The molecular formula is C58H74F2N8O10S. The SMILES string of the molecule is Cc1ncsc1-c1ccc([C@H](C)NC(=O)[C@@H]2C[C@@H](O)CN2C(=O)[C@@H](NC(=O)CCCCCc2c(F)ccc(OC[C@H](CCC(N)=O)NC(=O)[C@@H]3Cc4cccc5c4N3C(=O)[C@@H](NC(=O)OC(C)(C)C)CC5)c2F)C(C)(C)C)cc1. The van der Waals surface area contributed by atoms with E-state index in [9.17, 15) is 38.7 Å². The lowest BCUT2D eigenvalue weighted by molar-refractivity contribution is -0.144. The number of rotatable bonds is 21. The van der Waals surface area contributed by atoms with E-state index in [0.717, 1.165) is 45.0 Å². The molecule has 7 amide bonds. The van der Waals surface area contributed by atoms with Gasteiger partial charge in [-0.2, -0.15) is 0 Å². The smallest absolute Gasteiger partial charge is 0.408 e. The van der Waals surface area contributed by atoms with E-state index in [1.165, 1.54) is 9.80 Å². The number of para-hydroxylation sites is 1. The summed E-state index contributed by atoms with van der Waals surface area (Å²) < 4.78 is 42.6. The highest BCUT2D eigenvalue weighted by molar-refractivity contribution is 7.13. The molecule has 4 heterocycles. The monoisotopic (exact) mass is 1110 g/mol. The van der Waals surface area contributed by atoms with E-state index >= 15 is 8.78 Å². The number of thiazole rings is 1. The summed E-state index contributed by atoms with van der Waals surface area (Å²) in [7, 11) is 0. The Morgan fingerprint density at radius 2 is 1.61 bits per heavy atom. The number of nitrogens with two attached hydrogens (primary N) is 1. The summed E-state index contributed by atoms with van der Waals surface area (Å²) in [5.41, 5.74) is 10.4. The van der Waals surface area contributed by atoms with Gasteiger partial charge in [0.1, 0.15) is 42.2 Å². The molecule has 3 aliphatic heterocycles. The third kappa shape index (κ3) is 15.0. The molecule has 0 aliphatic carbocycles. The fraction of sp³-hybridized carbons (Fsp3) is 0.517. The van der Waals surface area contributed by atoms with E-state index in [-0.39, 0.29) is 75.8 Å². The number of hydrogen-bond acceptors (Lipinski definition) is 12. The fourth-order valence-electron chi connectivity index (χ4n) is 10.4. The number of hydrogen-bond donors (Lipinski definition) is 6. The van der Waals surface area contributed by atoms with Crippen molar-refractivity contribution in [3.8, 4) is 16.2 Å². The van der Waals surface area contributed by atoms with Crippen molar-refractivity contribution in [1.82, 2.24) is 31.2 Å². The molecule has 21 heteroatoms. The molecular weight excluding hydrogens is 1040 g/mol. The maximum absolute atomic E-state index is 16.1. The van der Waals surface area contributed by atoms with Gasteiger partial charge in [-0.25, -0.2) is 18.6 Å². The third-order valence-corrected chi connectivity index (χ3v) is 15.4. The minimum absolute atomic E-state index is 0.000634. The first-order valence-corrected chi connectivity index (χ1v) is 27.9. The molecule has 7 rings (SSSR count). The van der Waals surface area contributed by atoms with Crippen molar-refractivity contribution < 1.29 is 56.9 Å². The van der Waals surface area contributed by atoms with Crippen molar-refractivity contribution in [3.05, 3.63) is 99.7 Å². The van der Waals surface area contributed by atoms with Gasteiger partial charge in [0, 0.05) is 37.8 Å². The van der Waals surface area contributed by atoms with Gasteiger partial charge in [0.2, 0.25) is 35.4 Å². The van der Waals surface area contributed by atoms with Crippen molar-refractivity contribution in [2.24, 2.45) is 11.1 Å². The minimum Gasteiger partial charge on any atom is -0.488 e. The molecule has 7 N–H and O–H groups in total. The largest absolute Gasteiger partial charge is 0.488 e. The quantitative estimate of drug-likeness (QED) is 0.0474. The van der Waals surface area contributed by atoms with Crippen LogP contribution in [-0.2, 0) is 52.8 Å². The molecule has 7 atom stereocenters. The summed E-state index contributed by atoms with van der Waals surface area (Å²) in [5.74, 6) is -5.13. The Balaban J connectivity index is 0.915. The lowest BCUT2D eigenvalue weighted by Crippen LogP contribution is -2.57. The molecule has 426 valence electrons. The first-order valence-electron chi connectivity index (χ1n) is 27.0. The number of ether oxygens (including phenoxy) is 2. The number of primary amides is 1. The molecule has 4 aromatic rings. The molecule has 3 aromatic carbocycles. The van der Waals surface area contributed by atoms with Crippen LogP contribution in [0.15, 0.2) is 60.1 Å². The Labute approximate surface area is 463 Å². The number of carbonyl (C=O) groups excluding carboxylic acids is 7. The highest BCUT2D eigenvalue weighted by Gasteiger charge is 2.46. The van der Waals surface area contributed by atoms with Crippen molar-refractivity contribution in [2.75, 3.05) is 18.1 Å². The van der Waals surface area contributed by atoms with Gasteiger partial charge in [0.15, 0.2) is 11.6 Å². The Morgan fingerprint density at radius 3 is 2.28 bits per heavy atom. The highest BCUT2D eigenvalue weighted by Crippen LogP contribution is 2.39. The van der Waals surface area contributed by atoms with Crippen LogP contribution in [0.3, 0.4) is 0 Å². The van der Waals surface area contributed by atoms with Crippen molar-refractivity contribution >= 4 is 58.6 Å². The molecule has 0 unspecified atom stereocenters. The van der Waals surface area contributed by atoms with Gasteiger partial charge in [-0.05, 0) is 113 Å². The summed E-state index contributed by atoms with van der Waals surface area (Å²) in [6.07, 6.45) is -0.00553. The number of nitrogens with zero attached hydrogens (tertiary/aromatic N) is 3. The van der Waals surface area contributed by atoms with Crippen LogP contribution in [0, 0.1) is 24.0 Å². The van der Waals surface area contributed by atoms with E-state index in [1.807, 2.05) is 56.3 Å². The normalized spacial score (nSPS) is 19.2. The first kappa shape index (κ1) is 59.7. The van der Waals surface area contributed by atoms with Crippen LogP contribution < -0.4 is 36.6 Å². The second-order valence-corrected chi connectivity index (χ2v) is 23.7. The topological polar surface area (TPSA) is 252 Å². The van der Waals surface area contributed by atoms with Crippen LogP contribution in [0.2, 0.25) is 0 Å². The second-order valence-electron chi connectivity index (χ2n) is 22.9. The zero-order chi connectivity index (χ0) is 57.5. The molecule has 3 aliphatic rings. The number of aryl methyl sites for hydroxylation is 2. The molecule has 0 saturated carbocycles. The van der Waals surface area contributed by atoms with Gasteiger partial charge >= 0.3 is 6.09 Å². The number of benzene rings is 3. The standard InChI is InChI=1S/C58H74F2N8O10S/c1-32(34-17-19-36(20-18-34)50-33(2)62-31-79-50)63-52(72)43-28-39(69)29-67(43)55(75)51(57(3,4)5)66-47(71)16-11-9-10-15-40-41(59)23-25-45(48(40)60)77-30-38(22-26-46(61)70)64-53(73)44-27-37-14-12-13-35-21-24-42(54(74)68(44)49(35)37)65-56(76)78-58(6,7)8/h12-14,17-20,23,25,31-32,38-39,42-44,51,69H,9-11,15-16,21-22,24,26-30H2,1-8H3,(H2,61,70)(H,63,72)(H,64,73)(H,65,76)(H,66,71)/t32-,38-,39+,42-,43-,44-,51+/m0/s1. The average molecular weight is 1110 g/mol. The van der Waals surface area contributed by atoms with Crippen LogP contribution in [0.4, 0.5) is 19.3 Å². The van der Waals surface area contributed by atoms with Gasteiger partial charge in [-0.1, -0.05) is 69.7 Å². The summed E-state index contributed by atoms with van der Waals surface area (Å²) in [5, 5.41) is 22.1. The number of likely N-dealkylation sites (tertiary alicyclic amines) is 1. The molecule has 1 saturated heterocycles. The van der Waals surface area contributed by atoms with Crippen LogP contribution >= 0.6 is 11.3 Å². The number of carbonyl (C=O) groups is 7. The molecule has 79 heavy (non-hydrogen) atoms. The number of aliphatic hydroxyl groups excluding tert-OH is 1. The molecule has 1 fully saturated rings. The second kappa shape index (κ2) is 25.4. The lowest BCUT2D eigenvalue weighted by atomic mass is 9.85. The van der Waals surface area contributed by atoms with Crippen molar-refractivity contribution in [1.29, 1.82) is 0 Å². The van der Waals surface area contributed by atoms with Crippen LogP contribution in [-0.4, -0.2) is 112 Å². The molecule has 18 nitrogen and oxygen atoms in total. The van der Waals surface area contributed by atoms with Crippen molar-refractivity contribution in [2.45, 2.75) is 174 Å². The summed E-state index contributed by atoms with van der Waals surface area (Å²) in [6.45, 7) is 13.9. The van der Waals surface area contributed by atoms with Gasteiger partial charge in [0.25, 0.3) is 0 Å². The average Bonchev–Trinajstić information content (AvgIpc) is 4.33. The lowest BCUT2D eigenvalue weighted by Gasteiger charge is -2.35. The molecule has 0 bridgehead atoms. The summed E-state index contributed by atoms with van der Waals surface area (Å²) >= 11 is 1.55. The van der Waals surface area contributed by atoms with Gasteiger partial charge in [0.05, 0.1) is 40.0 Å². The third-order valence-electron chi connectivity index (χ3n) is 14.5. The number of β-amino-alcohol motifs (C(OH)–C–C–N with tert-alkyl or cyclic N) is 1. The molecule has 1 aromatic heterocycles. The van der Waals surface area contributed by atoms with E-state index in [2.05, 4.69) is 26.3 Å². The number of anilines is 1. The number of nitrogens with one attached hydrogen (secondary N) is 4. The highest BCUT2D eigenvalue weighted by atomic mass is 32.1. The maximum atomic E-state index is 16.1. The Morgan fingerprint density at radius 1 is 0.899 bits per heavy atom. The summed E-state index contributed by atoms with van der Waals surface area (Å²) in [6, 6.07) is 10.2. The Bertz CT molecular complexity index is 2900. The van der Waals surface area contributed by atoms with E-state index in [0.29, 0.717) is 24.9 Å². The number of aromatic nitrogens is 1. The zero-order valence-electron chi connectivity index (χ0n) is 46.2. The van der Waals surface area contributed by atoms with Gasteiger partial charge in [-0.15, -0.1) is 11.3 Å². The first-order chi connectivity index (χ1) is 37.3. The number of aliphatic hydroxyl groups is 1. The number of amides is 7. The molecule has 0 spiro atoms. The predicted octanol–water partition coefficient (Wildman–Crippen LogP) is 6.80. The van der Waals surface area contributed by atoms with Crippen LogP contribution in [0.5, 0.6) is 5.75 Å². The predicted molar refractivity (Wildman–Crippen MR) is 294 cm³/mol. The summed E-state index contributed by atoms with van der Waals surface area (Å²) in [4.78, 5) is 103. The van der Waals surface area contributed by atoms with Gasteiger partial charge in [-0.3, -0.25) is 33.7 Å². The number of unbranched alkanes of at least 4 members (excludes halogenated alkanes) is 2. The number of halogens is 2. The van der Waals surface area contributed by atoms with E-state index in [1.54, 1.807) is 58.4 Å². The minimum atomic E-state index is -1.04. The Kier molecular flexibility index (Phi) is 19.2. The fourth-order valence-corrected chi connectivity index (χ4v) is 11.2. The van der Waals surface area contributed by atoms with Crippen LogP contribution in [0.25, 0.3) is 10.4 Å².